The van der Waals surface area contributed by atoms with Crippen LogP contribution in [-0.2, 0) is 31.9 Å². The SMILES string of the molecule is CC.CC(C)(F)C(=O)NCc1nc2ccccc2[nH]1.CCC(c1ccc(C)cc1F)S(=O)NC=O.O=C(O)C(F)(F)F. The fourth-order valence-corrected chi connectivity index (χ4v) is 3.96. The van der Waals surface area contributed by atoms with Crippen molar-refractivity contribution in [3.63, 3.8) is 0 Å². The number of carbonyl (C=O) groups excluding carboxylic acids is 2. The minimum atomic E-state index is -5.08. The molecule has 2 amide bonds. The molecule has 2 aromatic carbocycles. The number of hydrogen-bond acceptors (Lipinski definition) is 5. The van der Waals surface area contributed by atoms with Gasteiger partial charge >= 0.3 is 12.1 Å². The molecule has 234 valence electrons. The number of carbonyl (C=O) groups is 3. The van der Waals surface area contributed by atoms with Crippen LogP contribution in [0.15, 0.2) is 42.5 Å². The summed E-state index contributed by atoms with van der Waals surface area (Å²) in [4.78, 5) is 37.8. The number of H-pyrrole nitrogens is 1. The predicted molar refractivity (Wildman–Crippen MR) is 150 cm³/mol. The Kier molecular flexibility index (Phi) is 16.2. The van der Waals surface area contributed by atoms with Crippen molar-refractivity contribution < 1.29 is 45.7 Å². The van der Waals surface area contributed by atoms with Crippen molar-refractivity contribution in [2.45, 2.75) is 71.6 Å². The van der Waals surface area contributed by atoms with Crippen molar-refractivity contribution in [1.29, 1.82) is 0 Å². The van der Waals surface area contributed by atoms with Crippen LogP contribution in [0.2, 0.25) is 0 Å². The van der Waals surface area contributed by atoms with E-state index in [1.807, 2.05) is 38.1 Å². The maximum Gasteiger partial charge on any atom is 0.490 e. The number of hydrogen-bond donors (Lipinski definition) is 4. The van der Waals surface area contributed by atoms with Crippen molar-refractivity contribution in [3.8, 4) is 0 Å². The topological polar surface area (TPSA) is 141 Å². The quantitative estimate of drug-likeness (QED) is 0.191. The van der Waals surface area contributed by atoms with E-state index in [1.165, 1.54) is 19.9 Å². The molecule has 0 saturated carbocycles. The van der Waals surface area contributed by atoms with Crippen LogP contribution in [0.1, 0.15) is 63.2 Å². The molecular weight excluding hydrogens is 587 g/mol. The van der Waals surface area contributed by atoms with Crippen LogP contribution < -0.4 is 10.0 Å². The van der Waals surface area contributed by atoms with Gasteiger partial charge in [0.15, 0.2) is 5.67 Å². The normalized spacial score (nSPS) is 12.2. The lowest BCUT2D eigenvalue weighted by molar-refractivity contribution is -0.192. The summed E-state index contributed by atoms with van der Waals surface area (Å²) in [5, 5.41) is 9.11. The zero-order valence-electron chi connectivity index (χ0n) is 23.9. The number of nitrogens with zero attached hydrogens (tertiary/aromatic N) is 1. The van der Waals surface area contributed by atoms with Gasteiger partial charge in [-0.1, -0.05) is 45.0 Å². The van der Waals surface area contributed by atoms with E-state index < -0.39 is 40.0 Å². The predicted octanol–water partition coefficient (Wildman–Crippen LogP) is 5.58. The molecule has 3 aromatic rings. The molecule has 4 N–H and O–H groups in total. The Labute approximate surface area is 242 Å². The average Bonchev–Trinajstić information content (AvgIpc) is 3.33. The van der Waals surface area contributed by atoms with Gasteiger partial charge in [0.2, 0.25) is 6.41 Å². The number of aliphatic carboxylic acids is 1. The lowest BCUT2D eigenvalue weighted by Crippen LogP contribution is -2.38. The van der Waals surface area contributed by atoms with E-state index in [0.29, 0.717) is 24.2 Å². The summed E-state index contributed by atoms with van der Waals surface area (Å²) in [6, 6.07) is 12.3. The molecule has 2 atom stereocenters. The van der Waals surface area contributed by atoms with Gasteiger partial charge in [0.25, 0.3) is 5.91 Å². The van der Waals surface area contributed by atoms with Crippen LogP contribution in [0.4, 0.5) is 22.0 Å². The van der Waals surface area contributed by atoms with Gasteiger partial charge in [-0.05, 0) is 51.0 Å². The Bertz CT molecular complexity index is 1290. The zero-order chi connectivity index (χ0) is 32.7. The second kappa shape index (κ2) is 17.8. The first-order valence-electron chi connectivity index (χ1n) is 12.6. The monoisotopic (exact) mass is 622 g/mol. The van der Waals surface area contributed by atoms with Gasteiger partial charge in [-0.25, -0.2) is 22.8 Å². The number of aromatic amines is 1. The van der Waals surface area contributed by atoms with E-state index >= 15 is 0 Å². The highest BCUT2D eigenvalue weighted by molar-refractivity contribution is 7.83. The van der Waals surface area contributed by atoms with Crippen LogP contribution in [0.3, 0.4) is 0 Å². The Hall–Kier alpha value is -3.88. The van der Waals surface area contributed by atoms with Crippen LogP contribution in [0.25, 0.3) is 11.0 Å². The van der Waals surface area contributed by atoms with Crippen LogP contribution in [0.5, 0.6) is 0 Å². The van der Waals surface area contributed by atoms with E-state index in [0.717, 1.165) is 16.6 Å². The third-order valence-electron chi connectivity index (χ3n) is 4.93. The van der Waals surface area contributed by atoms with Crippen molar-refractivity contribution in [3.05, 3.63) is 65.2 Å². The van der Waals surface area contributed by atoms with Crippen molar-refractivity contribution >= 4 is 40.3 Å². The second-order valence-corrected chi connectivity index (χ2v) is 10.0. The number of aromatic nitrogens is 2. The van der Waals surface area contributed by atoms with Gasteiger partial charge in [-0.15, -0.1) is 0 Å². The minimum absolute atomic E-state index is 0.195. The number of alkyl halides is 4. The van der Waals surface area contributed by atoms with E-state index in [4.69, 9.17) is 9.90 Å². The standard InChI is InChI=1S/C12H14FN3O.C11H14FNO2S.C2HF3O2.C2H6/c1-12(2,13)11(17)14-7-10-15-8-5-3-4-6-9(8)16-10;1-3-11(16(15)13-7-14)9-5-4-8(2)6-10(9)12;3-2(4,5)1(6)7;1-2/h3-6H,7H2,1-2H3,(H,14,17)(H,15,16);4-7,11H,3H2,1-2H3,(H,13,14);(H,6,7);1-2H3. The summed E-state index contributed by atoms with van der Waals surface area (Å²) >= 11 is 0. The highest BCUT2D eigenvalue weighted by Gasteiger charge is 2.38. The molecular formula is C27H35F5N4O5S. The van der Waals surface area contributed by atoms with E-state index in [2.05, 4.69) is 20.0 Å². The lowest BCUT2D eigenvalue weighted by Gasteiger charge is -2.14. The second-order valence-electron chi connectivity index (χ2n) is 8.61. The molecule has 9 nitrogen and oxygen atoms in total. The summed E-state index contributed by atoms with van der Waals surface area (Å²) in [7, 11) is -1.58. The first-order valence-corrected chi connectivity index (χ1v) is 13.8. The highest BCUT2D eigenvalue weighted by Crippen LogP contribution is 2.25. The number of carboxylic acid groups (broad SMARTS) is 1. The fraction of sp³-hybridized carbons (Fsp3) is 0.407. The maximum absolute atomic E-state index is 13.6. The van der Waals surface area contributed by atoms with Gasteiger partial charge < -0.3 is 15.4 Å². The van der Waals surface area contributed by atoms with Crippen LogP contribution in [-0.4, -0.2) is 49.4 Å². The number of benzene rings is 2. The minimum Gasteiger partial charge on any atom is -0.475 e. The summed E-state index contributed by atoms with van der Waals surface area (Å²) in [6.07, 6.45) is -4.22. The summed E-state index contributed by atoms with van der Waals surface area (Å²) < 4.78 is 72.4. The smallest absolute Gasteiger partial charge is 0.475 e. The van der Waals surface area contributed by atoms with Crippen molar-refractivity contribution in [2.75, 3.05) is 0 Å². The van der Waals surface area contributed by atoms with E-state index in [1.54, 1.807) is 26.0 Å². The summed E-state index contributed by atoms with van der Waals surface area (Å²) in [5.41, 5.74) is 1.05. The fourth-order valence-electron chi connectivity index (χ4n) is 2.97. The average molecular weight is 623 g/mol. The molecule has 1 heterocycles. The van der Waals surface area contributed by atoms with Gasteiger partial charge in [0.05, 0.1) is 22.8 Å². The molecule has 0 saturated heterocycles. The largest absolute Gasteiger partial charge is 0.490 e. The number of rotatable bonds is 8. The Morgan fingerprint density at radius 2 is 1.69 bits per heavy atom. The van der Waals surface area contributed by atoms with E-state index in [-0.39, 0.29) is 12.4 Å². The maximum atomic E-state index is 13.6. The number of carboxylic acids is 1. The summed E-state index contributed by atoms with van der Waals surface area (Å²) in [6.45, 7) is 10.2. The molecule has 2 unspecified atom stereocenters. The highest BCUT2D eigenvalue weighted by atomic mass is 32.2. The van der Waals surface area contributed by atoms with Crippen molar-refractivity contribution in [2.24, 2.45) is 0 Å². The first kappa shape index (κ1) is 38.1. The first-order chi connectivity index (χ1) is 19.5. The molecule has 1 aromatic heterocycles. The van der Waals surface area contributed by atoms with Gasteiger partial charge in [0.1, 0.15) is 22.6 Å². The number of nitrogens with one attached hydrogen (secondary N) is 3. The number of fused-ring (bicyclic) bond motifs is 1. The Morgan fingerprint density at radius 1 is 1.12 bits per heavy atom. The molecule has 0 aliphatic heterocycles. The summed E-state index contributed by atoms with van der Waals surface area (Å²) in [5.74, 6) is -3.16. The van der Waals surface area contributed by atoms with Crippen LogP contribution in [0, 0.1) is 12.7 Å². The third-order valence-corrected chi connectivity index (χ3v) is 6.37. The molecule has 0 aliphatic rings. The van der Waals surface area contributed by atoms with Gasteiger partial charge in [-0.3, -0.25) is 14.3 Å². The molecule has 0 fully saturated rings. The number of para-hydroxylation sites is 2. The third kappa shape index (κ3) is 13.2. The van der Waals surface area contributed by atoms with E-state index in [9.17, 15) is 35.8 Å². The van der Waals surface area contributed by atoms with Gasteiger partial charge in [0, 0.05) is 5.56 Å². The Morgan fingerprint density at radius 3 is 2.14 bits per heavy atom. The molecule has 15 heteroatoms. The van der Waals surface area contributed by atoms with Gasteiger partial charge in [-0.2, -0.15) is 13.2 Å². The molecule has 0 spiro atoms. The molecule has 0 radical (unpaired) electrons. The molecule has 3 rings (SSSR count). The molecule has 42 heavy (non-hydrogen) atoms. The zero-order valence-corrected chi connectivity index (χ0v) is 24.8. The Balaban J connectivity index is 0.000000628. The number of halogens is 5. The van der Waals surface area contributed by atoms with Crippen LogP contribution >= 0.6 is 0 Å². The number of amides is 2. The number of aryl methyl sites for hydroxylation is 1. The molecule has 0 aliphatic carbocycles. The molecule has 0 bridgehead atoms. The number of imidazole rings is 1. The van der Waals surface area contributed by atoms with Crippen molar-refractivity contribution in [1.82, 2.24) is 20.0 Å². The lowest BCUT2D eigenvalue weighted by atomic mass is 10.1.